The molecule has 3 aromatic rings. The van der Waals surface area contributed by atoms with Crippen LogP contribution in [0.15, 0.2) is 51.7 Å². The molecule has 2 aliphatic heterocycles. The molecule has 0 aliphatic carbocycles. The second kappa shape index (κ2) is 11.5. The van der Waals surface area contributed by atoms with Crippen molar-refractivity contribution in [3.8, 4) is 28.6 Å². The van der Waals surface area contributed by atoms with Crippen LogP contribution in [0.25, 0.3) is 22.3 Å². The lowest BCUT2D eigenvalue weighted by Gasteiger charge is -2.42. The average molecular weight is 579 g/mol. The molecule has 14 nitrogen and oxygen atoms in total. The zero-order valence-corrected chi connectivity index (χ0v) is 21.5. The van der Waals surface area contributed by atoms with Crippen molar-refractivity contribution in [2.45, 2.75) is 68.3 Å². The summed E-state index contributed by atoms with van der Waals surface area (Å²) in [6.07, 6.45) is -14.9. The summed E-state index contributed by atoms with van der Waals surface area (Å²) in [5.41, 5.74) is -0.267. The summed E-state index contributed by atoms with van der Waals surface area (Å²) in [4.78, 5) is 12.7. The molecule has 2 fully saturated rings. The molecule has 2 aromatic carbocycles. The van der Waals surface area contributed by atoms with Crippen LogP contribution in [0.2, 0.25) is 0 Å². The molecule has 0 unspecified atom stereocenters. The first-order valence-electron chi connectivity index (χ1n) is 12.7. The van der Waals surface area contributed by atoms with E-state index in [2.05, 4.69) is 0 Å². The number of phenols is 2. The number of phenolic OH excluding ortho intramolecular Hbond substituents is 2. The van der Waals surface area contributed by atoms with Gasteiger partial charge in [-0.05, 0) is 19.1 Å². The monoisotopic (exact) mass is 578 g/mol. The topological polar surface area (TPSA) is 229 Å². The Balaban J connectivity index is 1.35. The summed E-state index contributed by atoms with van der Waals surface area (Å²) >= 11 is 0. The Kier molecular flexibility index (Phi) is 8.20. The van der Waals surface area contributed by atoms with Crippen LogP contribution < -0.4 is 10.2 Å². The highest BCUT2D eigenvalue weighted by Crippen LogP contribution is 2.34. The van der Waals surface area contributed by atoms with Crippen molar-refractivity contribution in [3.05, 3.63) is 52.7 Å². The van der Waals surface area contributed by atoms with Gasteiger partial charge in [-0.25, -0.2) is 0 Å². The second-order valence-corrected chi connectivity index (χ2v) is 9.99. The van der Waals surface area contributed by atoms with Gasteiger partial charge >= 0.3 is 0 Å². The van der Waals surface area contributed by atoms with Crippen molar-refractivity contribution in [1.82, 2.24) is 0 Å². The molecule has 14 heteroatoms. The Morgan fingerprint density at radius 1 is 0.805 bits per heavy atom. The van der Waals surface area contributed by atoms with Gasteiger partial charge in [0, 0.05) is 23.8 Å². The van der Waals surface area contributed by atoms with E-state index >= 15 is 0 Å². The molecule has 0 spiro atoms. The summed E-state index contributed by atoms with van der Waals surface area (Å²) in [6.45, 7) is 0.965. The van der Waals surface area contributed by atoms with Crippen molar-refractivity contribution in [1.29, 1.82) is 0 Å². The van der Waals surface area contributed by atoms with E-state index in [1.807, 2.05) is 0 Å². The number of aliphatic hydroxyl groups excluding tert-OH is 6. The third kappa shape index (κ3) is 5.74. The number of hydrogen-bond donors (Lipinski definition) is 8. The highest BCUT2D eigenvalue weighted by Gasteiger charge is 2.47. The van der Waals surface area contributed by atoms with Crippen LogP contribution in [0.4, 0.5) is 0 Å². The molecule has 3 heterocycles. The Bertz CT molecular complexity index is 1440. The lowest BCUT2D eigenvalue weighted by Crippen LogP contribution is -2.61. The van der Waals surface area contributed by atoms with Crippen molar-refractivity contribution < 1.29 is 64.2 Å². The van der Waals surface area contributed by atoms with Gasteiger partial charge in [0.1, 0.15) is 76.7 Å². The van der Waals surface area contributed by atoms with E-state index in [9.17, 15) is 45.6 Å². The van der Waals surface area contributed by atoms with Gasteiger partial charge in [-0.1, -0.05) is 12.1 Å². The lowest BCUT2D eigenvalue weighted by molar-refractivity contribution is -0.318. The molecular formula is C27H30O14. The third-order valence-electron chi connectivity index (χ3n) is 7.07. The highest BCUT2D eigenvalue weighted by molar-refractivity contribution is 5.86. The summed E-state index contributed by atoms with van der Waals surface area (Å²) in [5, 5.41) is 81.5. The summed E-state index contributed by atoms with van der Waals surface area (Å²) in [5.74, 6) is -0.590. The Labute approximate surface area is 231 Å². The van der Waals surface area contributed by atoms with E-state index in [1.165, 1.54) is 25.1 Å². The van der Waals surface area contributed by atoms with Gasteiger partial charge in [-0.15, -0.1) is 0 Å². The van der Waals surface area contributed by atoms with Gasteiger partial charge in [0.05, 0.1) is 12.7 Å². The number of aromatic hydroxyl groups is 2. The first-order chi connectivity index (χ1) is 19.4. The van der Waals surface area contributed by atoms with Gasteiger partial charge < -0.3 is 64.2 Å². The summed E-state index contributed by atoms with van der Waals surface area (Å²) in [6, 6.07) is 9.47. The molecule has 8 N–H and O–H groups in total. The zero-order chi connectivity index (χ0) is 29.6. The van der Waals surface area contributed by atoms with Crippen LogP contribution in [0.5, 0.6) is 17.2 Å². The minimum absolute atomic E-state index is 0.0549. The van der Waals surface area contributed by atoms with Gasteiger partial charge in [0.15, 0.2) is 11.7 Å². The number of aliphatic hydroxyl groups is 6. The normalized spacial score (nSPS) is 34.0. The van der Waals surface area contributed by atoms with Crippen molar-refractivity contribution in [3.63, 3.8) is 0 Å². The molecule has 0 saturated carbocycles. The highest BCUT2D eigenvalue weighted by atomic mass is 16.7. The fourth-order valence-corrected chi connectivity index (χ4v) is 4.74. The Morgan fingerprint density at radius 2 is 1.51 bits per heavy atom. The fraction of sp³-hybridized carbons (Fsp3) is 0.444. The number of ether oxygens (including phenoxy) is 4. The molecule has 2 saturated heterocycles. The van der Waals surface area contributed by atoms with Gasteiger partial charge in [-0.3, -0.25) is 4.79 Å². The van der Waals surface area contributed by atoms with Crippen molar-refractivity contribution in [2.75, 3.05) is 6.61 Å². The Hall–Kier alpha value is -3.31. The number of hydrogen-bond acceptors (Lipinski definition) is 14. The van der Waals surface area contributed by atoms with E-state index in [4.69, 9.17) is 23.4 Å². The molecule has 41 heavy (non-hydrogen) atoms. The van der Waals surface area contributed by atoms with E-state index in [0.29, 0.717) is 5.56 Å². The standard InChI is InChI=1S/C27H30O14/c1-10-20(31)22(33)24(35)26(38-10)37-9-18-21(32)23(34)25(36)27(41-18)39-13-6-14(29)19-15(30)8-16(40-17(19)7-13)11-3-2-4-12(28)5-11/h2-8,10,18,20-29,31-36H,9H2,1H3/t10-,18+,20-,21+,22+,23-,24+,25+,26+,27+/m0/s1. The number of rotatable bonds is 6. The van der Waals surface area contributed by atoms with Crippen LogP contribution >= 0.6 is 0 Å². The van der Waals surface area contributed by atoms with Crippen LogP contribution in [-0.2, 0) is 14.2 Å². The molecular weight excluding hydrogens is 548 g/mol. The first kappa shape index (κ1) is 29.2. The summed E-state index contributed by atoms with van der Waals surface area (Å²) in [7, 11) is 0. The molecule has 2 aliphatic rings. The van der Waals surface area contributed by atoms with Gasteiger partial charge in [0.2, 0.25) is 6.29 Å². The predicted molar refractivity (Wildman–Crippen MR) is 137 cm³/mol. The van der Waals surface area contributed by atoms with Crippen molar-refractivity contribution in [2.24, 2.45) is 0 Å². The van der Waals surface area contributed by atoms with Crippen LogP contribution in [0.3, 0.4) is 0 Å². The van der Waals surface area contributed by atoms with Crippen LogP contribution in [-0.4, -0.2) is 109 Å². The van der Waals surface area contributed by atoms with Crippen LogP contribution in [0, 0.1) is 0 Å². The quantitative estimate of drug-likeness (QED) is 0.174. The molecule has 0 bridgehead atoms. The maximum Gasteiger partial charge on any atom is 0.229 e. The maximum atomic E-state index is 12.7. The largest absolute Gasteiger partial charge is 0.508 e. The number of benzene rings is 2. The molecule has 0 amide bonds. The van der Waals surface area contributed by atoms with E-state index in [1.54, 1.807) is 12.1 Å². The molecule has 1 aromatic heterocycles. The lowest BCUT2D eigenvalue weighted by atomic mass is 9.98. The third-order valence-corrected chi connectivity index (χ3v) is 7.07. The first-order valence-corrected chi connectivity index (χ1v) is 12.7. The molecule has 0 radical (unpaired) electrons. The second-order valence-electron chi connectivity index (χ2n) is 9.99. The van der Waals surface area contributed by atoms with Gasteiger partial charge in [-0.2, -0.15) is 0 Å². The molecule has 5 rings (SSSR count). The smallest absolute Gasteiger partial charge is 0.229 e. The minimum Gasteiger partial charge on any atom is -0.508 e. The average Bonchev–Trinajstić information content (AvgIpc) is 2.93. The zero-order valence-electron chi connectivity index (χ0n) is 21.5. The SMILES string of the molecule is C[C@@H]1O[C@@H](OC[C@H]2O[C@@H](Oc3cc(O)c4c(=O)cc(-c5cccc(O)c5)oc4c3)[C@H](O)[C@@H](O)[C@@H]2O)[C@H](O)[C@H](O)[C@H]1O. The maximum absolute atomic E-state index is 12.7. The fourth-order valence-electron chi connectivity index (χ4n) is 4.74. The summed E-state index contributed by atoms with van der Waals surface area (Å²) < 4.78 is 27.8. The molecule has 222 valence electrons. The Morgan fingerprint density at radius 3 is 2.24 bits per heavy atom. The molecule has 10 atom stereocenters. The number of fused-ring (bicyclic) bond motifs is 1. The van der Waals surface area contributed by atoms with Crippen molar-refractivity contribution >= 4 is 11.0 Å². The van der Waals surface area contributed by atoms with E-state index in [0.717, 1.165) is 12.1 Å². The van der Waals surface area contributed by atoms with E-state index < -0.39 is 79.2 Å². The van der Waals surface area contributed by atoms with Crippen LogP contribution in [0.1, 0.15) is 6.92 Å². The predicted octanol–water partition coefficient (Wildman–Crippen LogP) is -1.10. The minimum atomic E-state index is -1.77. The van der Waals surface area contributed by atoms with Gasteiger partial charge in [0.25, 0.3) is 0 Å². The van der Waals surface area contributed by atoms with E-state index in [-0.39, 0.29) is 28.2 Å².